The van der Waals surface area contributed by atoms with Gasteiger partial charge in [-0.1, -0.05) is 0 Å². The Labute approximate surface area is 85.8 Å². The van der Waals surface area contributed by atoms with E-state index >= 15 is 0 Å². The number of thiophene rings is 1. The molecule has 0 amide bonds. The Bertz CT molecular complexity index is 232. The van der Waals surface area contributed by atoms with Crippen molar-refractivity contribution in [3.63, 3.8) is 0 Å². The Morgan fingerprint density at radius 1 is 1.60 bits per heavy atom. The molecule has 0 bridgehead atoms. The fourth-order valence-electron chi connectivity index (χ4n) is 0.624. The number of hydrogen-bond acceptors (Lipinski definition) is 1. The first-order valence-corrected chi connectivity index (χ1v) is 5.54. The fraction of sp³-hybridized carbons (Fsp3) is 0.333. The SMILES string of the molecule is CC(Cl)c1cc(Br)sc1Br. The summed E-state index contributed by atoms with van der Waals surface area (Å²) in [6.07, 6.45) is 0. The van der Waals surface area contributed by atoms with Crippen LogP contribution in [0.25, 0.3) is 0 Å². The van der Waals surface area contributed by atoms with E-state index in [1.165, 1.54) is 0 Å². The maximum atomic E-state index is 5.88. The van der Waals surface area contributed by atoms with Gasteiger partial charge in [-0.25, -0.2) is 0 Å². The van der Waals surface area contributed by atoms with E-state index < -0.39 is 0 Å². The van der Waals surface area contributed by atoms with Crippen molar-refractivity contribution in [2.24, 2.45) is 0 Å². The Hall–Kier alpha value is 0.950. The minimum absolute atomic E-state index is 0.0805. The summed E-state index contributed by atoms with van der Waals surface area (Å²) in [5.41, 5.74) is 1.15. The summed E-state index contributed by atoms with van der Waals surface area (Å²) in [7, 11) is 0. The molecule has 1 atom stereocenters. The third kappa shape index (κ3) is 1.97. The number of rotatable bonds is 1. The second kappa shape index (κ2) is 3.57. The summed E-state index contributed by atoms with van der Waals surface area (Å²) in [5.74, 6) is 0. The Balaban J connectivity index is 3.03. The van der Waals surface area contributed by atoms with Gasteiger partial charge in [0, 0.05) is 0 Å². The third-order valence-corrected chi connectivity index (χ3v) is 3.73. The molecule has 0 aliphatic carbocycles. The molecule has 1 aromatic rings. The van der Waals surface area contributed by atoms with Gasteiger partial charge in [0.1, 0.15) is 0 Å². The van der Waals surface area contributed by atoms with Gasteiger partial charge in [-0.2, -0.15) is 0 Å². The van der Waals surface area contributed by atoms with Gasteiger partial charge in [-0.3, -0.25) is 0 Å². The van der Waals surface area contributed by atoms with E-state index in [-0.39, 0.29) is 5.38 Å². The highest BCUT2D eigenvalue weighted by molar-refractivity contribution is 9.12. The standard InChI is InChI=1S/C6H5Br2ClS/c1-3(9)4-2-5(7)10-6(4)8/h2-3H,1H3. The van der Waals surface area contributed by atoms with Crippen LogP contribution < -0.4 is 0 Å². The van der Waals surface area contributed by atoms with Crippen molar-refractivity contribution in [3.05, 3.63) is 19.2 Å². The molecule has 0 nitrogen and oxygen atoms in total. The monoisotopic (exact) mass is 302 g/mol. The lowest BCUT2D eigenvalue weighted by atomic mass is 10.3. The lowest BCUT2D eigenvalue weighted by Gasteiger charge is -1.97. The van der Waals surface area contributed by atoms with Gasteiger partial charge in [-0.05, 0) is 50.4 Å². The van der Waals surface area contributed by atoms with Crippen molar-refractivity contribution in [1.29, 1.82) is 0 Å². The molecule has 1 rings (SSSR count). The van der Waals surface area contributed by atoms with Crippen LogP contribution in [0, 0.1) is 0 Å². The van der Waals surface area contributed by atoms with Crippen LogP contribution in [0.3, 0.4) is 0 Å². The van der Waals surface area contributed by atoms with Crippen molar-refractivity contribution in [3.8, 4) is 0 Å². The van der Waals surface area contributed by atoms with E-state index in [9.17, 15) is 0 Å². The zero-order chi connectivity index (χ0) is 7.72. The van der Waals surface area contributed by atoms with Crippen molar-refractivity contribution < 1.29 is 0 Å². The molecule has 0 saturated heterocycles. The first-order chi connectivity index (χ1) is 4.61. The van der Waals surface area contributed by atoms with E-state index in [1.54, 1.807) is 11.3 Å². The van der Waals surface area contributed by atoms with Gasteiger partial charge in [0.05, 0.1) is 12.9 Å². The van der Waals surface area contributed by atoms with Crippen LogP contribution in [0.4, 0.5) is 0 Å². The normalized spacial score (nSPS) is 13.6. The lowest BCUT2D eigenvalue weighted by molar-refractivity contribution is 1.09. The summed E-state index contributed by atoms with van der Waals surface area (Å²) in [6, 6.07) is 2.03. The van der Waals surface area contributed by atoms with Crippen molar-refractivity contribution >= 4 is 54.8 Å². The predicted molar refractivity (Wildman–Crippen MR) is 54.0 cm³/mol. The summed E-state index contributed by atoms with van der Waals surface area (Å²) < 4.78 is 2.23. The van der Waals surface area contributed by atoms with E-state index in [0.717, 1.165) is 13.1 Å². The van der Waals surface area contributed by atoms with Crippen LogP contribution in [0.2, 0.25) is 0 Å². The van der Waals surface area contributed by atoms with E-state index in [2.05, 4.69) is 31.9 Å². The van der Waals surface area contributed by atoms with E-state index in [1.807, 2.05) is 13.0 Å². The highest BCUT2D eigenvalue weighted by Crippen LogP contribution is 2.37. The molecule has 1 aromatic heterocycles. The molecule has 56 valence electrons. The molecule has 0 radical (unpaired) electrons. The smallest absolute Gasteiger partial charge is 0.0757 e. The fourth-order valence-corrected chi connectivity index (χ4v) is 4.07. The molecule has 1 unspecified atom stereocenters. The Morgan fingerprint density at radius 2 is 2.20 bits per heavy atom. The van der Waals surface area contributed by atoms with Crippen LogP contribution in [0.1, 0.15) is 17.9 Å². The third-order valence-electron chi connectivity index (χ3n) is 1.11. The molecule has 1 heterocycles. The molecule has 0 spiro atoms. The van der Waals surface area contributed by atoms with Gasteiger partial charge in [0.25, 0.3) is 0 Å². The number of alkyl halides is 1. The Kier molecular flexibility index (Phi) is 3.22. The lowest BCUT2D eigenvalue weighted by Crippen LogP contribution is -1.78. The van der Waals surface area contributed by atoms with Crippen molar-refractivity contribution in [2.75, 3.05) is 0 Å². The average molecular weight is 304 g/mol. The van der Waals surface area contributed by atoms with Crippen LogP contribution in [-0.4, -0.2) is 0 Å². The van der Waals surface area contributed by atoms with E-state index in [4.69, 9.17) is 11.6 Å². The molecule has 4 heteroatoms. The minimum Gasteiger partial charge on any atom is -0.121 e. The second-order valence-corrected chi connectivity index (χ2v) is 6.30. The summed E-state index contributed by atoms with van der Waals surface area (Å²) in [5, 5.41) is 0.0805. The summed E-state index contributed by atoms with van der Waals surface area (Å²) in [6.45, 7) is 1.96. The average Bonchev–Trinajstić information content (AvgIpc) is 2.10. The number of hydrogen-bond donors (Lipinski definition) is 0. The maximum Gasteiger partial charge on any atom is 0.0757 e. The van der Waals surface area contributed by atoms with Crippen LogP contribution >= 0.6 is 54.8 Å². The molecule has 0 aliphatic rings. The molecule has 0 aromatic carbocycles. The zero-order valence-corrected chi connectivity index (χ0v) is 9.94. The number of halogens is 3. The quantitative estimate of drug-likeness (QED) is 0.667. The first-order valence-electron chi connectivity index (χ1n) is 2.70. The molecule has 0 saturated carbocycles. The molecule has 0 aliphatic heterocycles. The first kappa shape index (κ1) is 9.04. The molecule has 0 N–H and O–H groups in total. The van der Waals surface area contributed by atoms with Crippen molar-refractivity contribution in [2.45, 2.75) is 12.3 Å². The molecule has 10 heavy (non-hydrogen) atoms. The predicted octanol–water partition coefficient (Wildman–Crippen LogP) is 4.57. The van der Waals surface area contributed by atoms with Crippen LogP contribution in [0.5, 0.6) is 0 Å². The molecule has 0 fully saturated rings. The Morgan fingerprint density at radius 3 is 2.40 bits per heavy atom. The van der Waals surface area contributed by atoms with Crippen LogP contribution in [0.15, 0.2) is 13.6 Å². The van der Waals surface area contributed by atoms with Gasteiger partial charge in [0.2, 0.25) is 0 Å². The van der Waals surface area contributed by atoms with Gasteiger partial charge >= 0.3 is 0 Å². The maximum absolute atomic E-state index is 5.88. The topological polar surface area (TPSA) is 0 Å². The summed E-state index contributed by atoms with van der Waals surface area (Å²) in [4.78, 5) is 0. The van der Waals surface area contributed by atoms with E-state index in [0.29, 0.717) is 0 Å². The zero-order valence-electron chi connectivity index (χ0n) is 5.20. The second-order valence-electron chi connectivity index (χ2n) is 1.90. The van der Waals surface area contributed by atoms with Crippen molar-refractivity contribution in [1.82, 2.24) is 0 Å². The van der Waals surface area contributed by atoms with Gasteiger partial charge < -0.3 is 0 Å². The van der Waals surface area contributed by atoms with Gasteiger partial charge in [0.15, 0.2) is 0 Å². The molecular formula is C6H5Br2ClS. The highest BCUT2D eigenvalue weighted by Gasteiger charge is 2.09. The summed E-state index contributed by atoms with van der Waals surface area (Å²) >= 11 is 14.3. The largest absolute Gasteiger partial charge is 0.121 e. The highest BCUT2D eigenvalue weighted by atomic mass is 79.9. The van der Waals surface area contributed by atoms with Crippen LogP contribution in [-0.2, 0) is 0 Å². The molecular weight excluding hydrogens is 299 g/mol. The minimum atomic E-state index is 0.0805. The van der Waals surface area contributed by atoms with Gasteiger partial charge in [-0.15, -0.1) is 22.9 Å².